The molecule has 1 aromatic heterocycles. The second kappa shape index (κ2) is 7.80. The zero-order valence-electron chi connectivity index (χ0n) is 12.9. The van der Waals surface area contributed by atoms with Gasteiger partial charge in [0.1, 0.15) is 5.02 Å². The Labute approximate surface area is 131 Å². The summed E-state index contributed by atoms with van der Waals surface area (Å²) in [4.78, 5) is 14.1. The standard InChI is InChI=1S/C15H25ClN4O/c1-19(12-7-4-3-5-8-12)10-6-9-17-13-11-18-20(2)15(21)14(13)16/h11-12,17H,3-10H2,1-2H3. The first-order valence-electron chi connectivity index (χ1n) is 7.75. The smallest absolute Gasteiger partial charge is 0.287 e. The fourth-order valence-corrected chi connectivity index (χ4v) is 3.13. The van der Waals surface area contributed by atoms with Crippen molar-refractivity contribution in [3.05, 3.63) is 21.6 Å². The van der Waals surface area contributed by atoms with Crippen molar-refractivity contribution in [2.45, 2.75) is 44.6 Å². The first-order valence-corrected chi connectivity index (χ1v) is 8.13. The van der Waals surface area contributed by atoms with E-state index in [9.17, 15) is 4.79 Å². The molecule has 1 heterocycles. The Morgan fingerprint density at radius 3 is 2.86 bits per heavy atom. The van der Waals surface area contributed by atoms with Crippen molar-refractivity contribution in [2.24, 2.45) is 7.05 Å². The van der Waals surface area contributed by atoms with E-state index < -0.39 is 0 Å². The molecule has 0 spiro atoms. The molecule has 0 radical (unpaired) electrons. The third-order valence-corrected chi connectivity index (χ3v) is 4.64. The highest BCUT2D eigenvalue weighted by atomic mass is 35.5. The number of rotatable bonds is 6. The van der Waals surface area contributed by atoms with E-state index in [4.69, 9.17) is 11.6 Å². The second-order valence-corrected chi connectivity index (χ2v) is 6.23. The highest BCUT2D eigenvalue weighted by Gasteiger charge is 2.17. The van der Waals surface area contributed by atoms with E-state index in [1.54, 1.807) is 13.2 Å². The molecule has 1 N–H and O–H groups in total. The van der Waals surface area contributed by atoms with E-state index in [0.29, 0.717) is 5.69 Å². The molecular weight excluding hydrogens is 288 g/mol. The lowest BCUT2D eigenvalue weighted by molar-refractivity contribution is 0.191. The predicted molar refractivity (Wildman–Crippen MR) is 87.1 cm³/mol. The zero-order valence-corrected chi connectivity index (χ0v) is 13.7. The summed E-state index contributed by atoms with van der Waals surface area (Å²) in [5.41, 5.74) is 0.362. The largest absolute Gasteiger partial charge is 0.382 e. The minimum absolute atomic E-state index is 0.216. The van der Waals surface area contributed by atoms with Gasteiger partial charge in [0, 0.05) is 19.6 Å². The van der Waals surface area contributed by atoms with Crippen LogP contribution in [0.15, 0.2) is 11.0 Å². The second-order valence-electron chi connectivity index (χ2n) is 5.85. The van der Waals surface area contributed by atoms with Gasteiger partial charge in [0.2, 0.25) is 0 Å². The minimum atomic E-state index is -0.263. The number of hydrogen-bond acceptors (Lipinski definition) is 4. The Bertz CT molecular complexity index is 511. The van der Waals surface area contributed by atoms with Crippen molar-refractivity contribution in [1.29, 1.82) is 0 Å². The minimum Gasteiger partial charge on any atom is -0.382 e. The molecule has 0 atom stereocenters. The van der Waals surface area contributed by atoms with Gasteiger partial charge in [-0.2, -0.15) is 5.10 Å². The maximum absolute atomic E-state index is 11.7. The average molecular weight is 313 g/mol. The molecule has 118 valence electrons. The van der Waals surface area contributed by atoms with Crippen LogP contribution in [-0.4, -0.2) is 40.9 Å². The Kier molecular flexibility index (Phi) is 6.06. The molecular formula is C15H25ClN4O. The SMILES string of the molecule is CN(CCCNc1cnn(C)c(=O)c1Cl)C1CCCCC1. The van der Waals surface area contributed by atoms with E-state index >= 15 is 0 Å². The van der Waals surface area contributed by atoms with Crippen LogP contribution < -0.4 is 10.9 Å². The number of aromatic nitrogens is 2. The third kappa shape index (κ3) is 4.45. The van der Waals surface area contributed by atoms with Gasteiger partial charge in [-0.15, -0.1) is 0 Å². The van der Waals surface area contributed by atoms with E-state index in [-0.39, 0.29) is 10.6 Å². The van der Waals surface area contributed by atoms with Crippen LogP contribution >= 0.6 is 11.6 Å². The van der Waals surface area contributed by atoms with Crippen LogP contribution in [0.4, 0.5) is 5.69 Å². The summed E-state index contributed by atoms with van der Waals surface area (Å²) in [6.45, 7) is 1.86. The number of hydrogen-bond donors (Lipinski definition) is 1. The van der Waals surface area contributed by atoms with Crippen molar-refractivity contribution in [3.8, 4) is 0 Å². The van der Waals surface area contributed by atoms with Gasteiger partial charge in [-0.05, 0) is 32.9 Å². The highest BCUT2D eigenvalue weighted by Crippen LogP contribution is 2.21. The number of aryl methyl sites for hydroxylation is 1. The number of nitrogens with one attached hydrogen (secondary N) is 1. The Morgan fingerprint density at radius 1 is 1.43 bits per heavy atom. The molecule has 1 aliphatic carbocycles. The Morgan fingerprint density at radius 2 is 2.14 bits per heavy atom. The average Bonchev–Trinajstić information content (AvgIpc) is 2.51. The van der Waals surface area contributed by atoms with Crippen molar-refractivity contribution in [3.63, 3.8) is 0 Å². The molecule has 1 fully saturated rings. The van der Waals surface area contributed by atoms with Gasteiger partial charge in [-0.3, -0.25) is 4.79 Å². The molecule has 1 aromatic rings. The Hall–Kier alpha value is -1.07. The van der Waals surface area contributed by atoms with Crippen LogP contribution in [0.5, 0.6) is 0 Å². The molecule has 1 saturated carbocycles. The molecule has 21 heavy (non-hydrogen) atoms. The first kappa shape index (κ1) is 16.3. The molecule has 0 unspecified atom stereocenters. The fraction of sp³-hybridized carbons (Fsp3) is 0.733. The quantitative estimate of drug-likeness (QED) is 0.820. The van der Waals surface area contributed by atoms with Crippen LogP contribution in [0, 0.1) is 0 Å². The maximum atomic E-state index is 11.7. The van der Waals surface area contributed by atoms with Gasteiger partial charge < -0.3 is 10.2 Å². The van der Waals surface area contributed by atoms with Crippen molar-refractivity contribution >= 4 is 17.3 Å². The third-order valence-electron chi connectivity index (χ3n) is 4.28. The summed E-state index contributed by atoms with van der Waals surface area (Å²) in [6, 6.07) is 0.744. The molecule has 1 aliphatic rings. The lowest BCUT2D eigenvalue weighted by Crippen LogP contribution is -2.34. The molecule has 0 aromatic carbocycles. The summed E-state index contributed by atoms with van der Waals surface area (Å²) < 4.78 is 1.24. The summed E-state index contributed by atoms with van der Waals surface area (Å²) in [7, 11) is 3.81. The van der Waals surface area contributed by atoms with E-state index in [1.807, 2.05) is 0 Å². The fourth-order valence-electron chi connectivity index (χ4n) is 2.89. The molecule has 6 heteroatoms. The van der Waals surface area contributed by atoms with E-state index in [2.05, 4.69) is 22.4 Å². The molecule has 2 rings (SSSR count). The van der Waals surface area contributed by atoms with E-state index in [1.165, 1.54) is 36.8 Å². The maximum Gasteiger partial charge on any atom is 0.287 e. The monoisotopic (exact) mass is 312 g/mol. The van der Waals surface area contributed by atoms with Crippen LogP contribution in [0.1, 0.15) is 38.5 Å². The summed E-state index contributed by atoms with van der Waals surface area (Å²) in [5.74, 6) is 0. The molecule has 0 amide bonds. The van der Waals surface area contributed by atoms with Gasteiger partial charge in [-0.25, -0.2) is 4.68 Å². The van der Waals surface area contributed by atoms with Gasteiger partial charge in [0.05, 0.1) is 11.9 Å². The normalized spacial score (nSPS) is 16.4. The predicted octanol–water partition coefficient (Wildman–Crippen LogP) is 2.50. The lowest BCUT2D eigenvalue weighted by atomic mass is 9.94. The summed E-state index contributed by atoms with van der Waals surface area (Å²) in [6.07, 6.45) is 9.40. The summed E-state index contributed by atoms with van der Waals surface area (Å²) in [5, 5.41) is 7.39. The van der Waals surface area contributed by atoms with Gasteiger partial charge >= 0.3 is 0 Å². The molecule has 5 nitrogen and oxygen atoms in total. The van der Waals surface area contributed by atoms with Gasteiger partial charge in [0.15, 0.2) is 0 Å². The van der Waals surface area contributed by atoms with Crippen molar-refractivity contribution < 1.29 is 0 Å². The zero-order chi connectivity index (χ0) is 15.2. The molecule has 0 bridgehead atoms. The van der Waals surface area contributed by atoms with Gasteiger partial charge in [0.25, 0.3) is 5.56 Å². The topological polar surface area (TPSA) is 50.2 Å². The number of anilines is 1. The lowest BCUT2D eigenvalue weighted by Gasteiger charge is -2.31. The Balaban J connectivity index is 1.74. The number of halogens is 1. The van der Waals surface area contributed by atoms with Gasteiger partial charge in [-0.1, -0.05) is 30.9 Å². The van der Waals surface area contributed by atoms with Crippen LogP contribution in [0.2, 0.25) is 5.02 Å². The molecule has 0 saturated heterocycles. The highest BCUT2D eigenvalue weighted by molar-refractivity contribution is 6.32. The van der Waals surface area contributed by atoms with Crippen molar-refractivity contribution in [2.75, 3.05) is 25.5 Å². The van der Waals surface area contributed by atoms with E-state index in [0.717, 1.165) is 25.6 Å². The molecule has 0 aliphatic heterocycles. The van der Waals surface area contributed by atoms with Crippen molar-refractivity contribution in [1.82, 2.24) is 14.7 Å². The number of nitrogens with zero attached hydrogens (tertiary/aromatic N) is 3. The summed E-state index contributed by atoms with van der Waals surface area (Å²) >= 11 is 6.02. The van der Waals surface area contributed by atoms with Crippen LogP contribution in [-0.2, 0) is 7.05 Å². The van der Waals surface area contributed by atoms with Crippen LogP contribution in [0.25, 0.3) is 0 Å². The van der Waals surface area contributed by atoms with Crippen LogP contribution in [0.3, 0.4) is 0 Å². The first-order chi connectivity index (χ1) is 10.1.